The van der Waals surface area contributed by atoms with Gasteiger partial charge in [-0.05, 0) is 30.4 Å². The fourth-order valence-corrected chi connectivity index (χ4v) is 4.15. The van der Waals surface area contributed by atoms with Crippen LogP contribution in [0.2, 0.25) is 0 Å². The molecular weight excluding hydrogens is 296 g/mol. The number of carbonyl (C=O) groups is 1. The molecule has 3 heterocycles. The van der Waals surface area contributed by atoms with Gasteiger partial charge in [0.2, 0.25) is 0 Å². The molecule has 3 rings (SSSR count). The number of thiophene rings is 2. The number of hydrogen-bond donors (Lipinski definition) is 0. The molecule has 104 valence electrons. The van der Waals surface area contributed by atoms with Crippen molar-refractivity contribution < 1.29 is 9.72 Å². The first kappa shape index (κ1) is 13.3. The summed E-state index contributed by atoms with van der Waals surface area (Å²) in [6, 6.07) is 3.44. The van der Waals surface area contributed by atoms with Gasteiger partial charge in [-0.25, -0.2) is 0 Å². The molecule has 0 aliphatic carbocycles. The van der Waals surface area contributed by atoms with Gasteiger partial charge < -0.3 is 4.90 Å². The summed E-state index contributed by atoms with van der Waals surface area (Å²) >= 11 is 2.72. The molecule has 7 heteroatoms. The molecule has 0 saturated heterocycles. The molecule has 0 spiro atoms. The zero-order chi connectivity index (χ0) is 14.3. The minimum absolute atomic E-state index is 0.00855. The Morgan fingerprint density at radius 1 is 1.50 bits per heavy atom. The van der Waals surface area contributed by atoms with E-state index in [1.807, 2.05) is 12.3 Å². The molecule has 0 N–H and O–H groups in total. The topological polar surface area (TPSA) is 63.5 Å². The first-order valence-corrected chi connectivity index (χ1v) is 7.94. The summed E-state index contributed by atoms with van der Waals surface area (Å²) in [5.41, 5.74) is 1.60. The van der Waals surface area contributed by atoms with Crippen molar-refractivity contribution in [2.75, 3.05) is 6.54 Å². The quantitative estimate of drug-likeness (QED) is 0.630. The van der Waals surface area contributed by atoms with Crippen LogP contribution in [0, 0.1) is 10.1 Å². The number of amides is 1. The van der Waals surface area contributed by atoms with Crippen molar-refractivity contribution in [2.24, 2.45) is 0 Å². The Kier molecular flexibility index (Phi) is 3.31. The standard InChI is InChI=1S/C13H12N2O3S2/c1-8-10-3-5-19-11(10)2-4-14(8)13(16)9-6-12(15(17)18)20-7-9/h3,5-8H,2,4H2,1H3/t8-/m1/s1. The van der Waals surface area contributed by atoms with E-state index >= 15 is 0 Å². The summed E-state index contributed by atoms with van der Waals surface area (Å²) in [5, 5.41) is 14.3. The molecule has 1 amide bonds. The van der Waals surface area contributed by atoms with E-state index in [2.05, 4.69) is 6.07 Å². The molecule has 0 unspecified atom stereocenters. The molecule has 2 aromatic rings. The van der Waals surface area contributed by atoms with Crippen molar-refractivity contribution in [3.63, 3.8) is 0 Å². The average Bonchev–Trinajstić information content (AvgIpc) is 3.08. The van der Waals surface area contributed by atoms with Crippen molar-refractivity contribution >= 4 is 33.6 Å². The molecule has 1 aliphatic heterocycles. The molecule has 0 aromatic carbocycles. The predicted molar refractivity (Wildman–Crippen MR) is 78.4 cm³/mol. The van der Waals surface area contributed by atoms with E-state index in [4.69, 9.17) is 0 Å². The third-order valence-corrected chi connectivity index (χ3v) is 5.43. The van der Waals surface area contributed by atoms with Gasteiger partial charge in [-0.3, -0.25) is 14.9 Å². The summed E-state index contributed by atoms with van der Waals surface area (Å²) < 4.78 is 0. The first-order chi connectivity index (χ1) is 9.58. The molecule has 1 atom stereocenters. The van der Waals surface area contributed by atoms with Crippen molar-refractivity contribution in [2.45, 2.75) is 19.4 Å². The lowest BCUT2D eigenvalue weighted by atomic mass is 10.0. The Labute approximate surface area is 123 Å². The van der Waals surface area contributed by atoms with Crippen molar-refractivity contribution in [1.29, 1.82) is 0 Å². The molecule has 0 radical (unpaired) electrons. The number of nitro groups is 1. The van der Waals surface area contributed by atoms with Crippen LogP contribution in [-0.2, 0) is 6.42 Å². The molecule has 0 saturated carbocycles. The fraction of sp³-hybridized carbons (Fsp3) is 0.308. The fourth-order valence-electron chi connectivity index (χ4n) is 2.49. The summed E-state index contributed by atoms with van der Waals surface area (Å²) in [7, 11) is 0. The van der Waals surface area contributed by atoms with Gasteiger partial charge in [0.15, 0.2) is 0 Å². The SMILES string of the molecule is C[C@@H]1c2ccsc2CCN1C(=O)c1csc([N+](=O)[O-])c1. The van der Waals surface area contributed by atoms with Gasteiger partial charge >= 0.3 is 5.00 Å². The zero-order valence-electron chi connectivity index (χ0n) is 10.7. The number of nitrogens with zero attached hydrogens (tertiary/aromatic N) is 2. The van der Waals surface area contributed by atoms with Gasteiger partial charge in [-0.15, -0.1) is 11.3 Å². The number of fused-ring (bicyclic) bond motifs is 1. The second-order valence-corrected chi connectivity index (χ2v) is 6.54. The molecule has 1 aliphatic rings. The lowest BCUT2D eigenvalue weighted by molar-refractivity contribution is -0.380. The monoisotopic (exact) mass is 308 g/mol. The van der Waals surface area contributed by atoms with E-state index in [0.29, 0.717) is 12.1 Å². The second-order valence-electron chi connectivity index (χ2n) is 4.65. The van der Waals surface area contributed by atoms with Crippen molar-refractivity contribution in [1.82, 2.24) is 4.90 Å². The van der Waals surface area contributed by atoms with Crippen LogP contribution in [0.4, 0.5) is 5.00 Å². The van der Waals surface area contributed by atoms with Gasteiger partial charge in [0.25, 0.3) is 5.91 Å². The maximum Gasteiger partial charge on any atom is 0.324 e. The van der Waals surface area contributed by atoms with Crippen LogP contribution in [0.25, 0.3) is 0 Å². The van der Waals surface area contributed by atoms with E-state index in [1.165, 1.54) is 16.5 Å². The number of carbonyl (C=O) groups excluding carboxylic acids is 1. The third kappa shape index (κ3) is 2.12. The number of hydrogen-bond acceptors (Lipinski definition) is 5. The summed E-state index contributed by atoms with van der Waals surface area (Å²) in [6.45, 7) is 2.67. The van der Waals surface area contributed by atoms with Crippen LogP contribution < -0.4 is 0 Å². The minimum atomic E-state index is -0.460. The van der Waals surface area contributed by atoms with Crippen molar-refractivity contribution in [3.05, 3.63) is 49.0 Å². The molecule has 2 aromatic heterocycles. The van der Waals surface area contributed by atoms with Gasteiger partial charge in [0, 0.05) is 22.9 Å². The van der Waals surface area contributed by atoms with Crippen LogP contribution in [0.5, 0.6) is 0 Å². The van der Waals surface area contributed by atoms with E-state index in [0.717, 1.165) is 17.8 Å². The van der Waals surface area contributed by atoms with Crippen LogP contribution in [-0.4, -0.2) is 22.3 Å². The lowest BCUT2D eigenvalue weighted by Gasteiger charge is -2.33. The van der Waals surface area contributed by atoms with Gasteiger partial charge in [0.1, 0.15) is 0 Å². The van der Waals surface area contributed by atoms with Crippen LogP contribution in [0.3, 0.4) is 0 Å². The van der Waals surface area contributed by atoms with E-state index in [1.54, 1.807) is 21.6 Å². The third-order valence-electron chi connectivity index (χ3n) is 3.55. The molecule has 0 bridgehead atoms. The lowest BCUT2D eigenvalue weighted by Crippen LogP contribution is -2.38. The smallest absolute Gasteiger partial charge is 0.324 e. The molecule has 20 heavy (non-hydrogen) atoms. The first-order valence-electron chi connectivity index (χ1n) is 6.18. The van der Waals surface area contributed by atoms with Crippen LogP contribution >= 0.6 is 22.7 Å². The highest BCUT2D eigenvalue weighted by atomic mass is 32.1. The zero-order valence-corrected chi connectivity index (χ0v) is 12.4. The maximum absolute atomic E-state index is 12.5. The van der Waals surface area contributed by atoms with Gasteiger partial charge in [-0.2, -0.15) is 0 Å². The average molecular weight is 308 g/mol. The summed E-state index contributed by atoms with van der Waals surface area (Å²) in [4.78, 5) is 25.9. The van der Waals surface area contributed by atoms with Gasteiger partial charge in [0.05, 0.1) is 16.5 Å². The highest BCUT2D eigenvalue weighted by Gasteiger charge is 2.30. The van der Waals surface area contributed by atoms with E-state index in [-0.39, 0.29) is 17.0 Å². The Hall–Kier alpha value is -1.73. The normalized spacial score (nSPS) is 17.9. The molecule has 0 fully saturated rings. The predicted octanol–water partition coefficient (Wildman–Crippen LogP) is 3.48. The summed E-state index contributed by atoms with van der Waals surface area (Å²) in [5.74, 6) is -0.126. The molecular formula is C13H12N2O3S2. The number of rotatable bonds is 2. The van der Waals surface area contributed by atoms with Gasteiger partial charge in [-0.1, -0.05) is 11.3 Å². The largest absolute Gasteiger partial charge is 0.331 e. The Bertz CT molecular complexity index is 677. The van der Waals surface area contributed by atoms with E-state index in [9.17, 15) is 14.9 Å². The Morgan fingerprint density at radius 2 is 2.30 bits per heavy atom. The summed E-state index contributed by atoms with van der Waals surface area (Å²) in [6.07, 6.45) is 0.856. The maximum atomic E-state index is 12.5. The Morgan fingerprint density at radius 3 is 3.00 bits per heavy atom. The Balaban J connectivity index is 1.86. The van der Waals surface area contributed by atoms with Crippen LogP contribution in [0.1, 0.15) is 33.8 Å². The van der Waals surface area contributed by atoms with Crippen molar-refractivity contribution in [3.8, 4) is 0 Å². The molecule has 5 nitrogen and oxygen atoms in total. The second kappa shape index (κ2) is 4.99. The minimum Gasteiger partial charge on any atom is -0.331 e. The highest BCUT2D eigenvalue weighted by Crippen LogP contribution is 2.34. The van der Waals surface area contributed by atoms with Crippen LogP contribution in [0.15, 0.2) is 22.9 Å². The van der Waals surface area contributed by atoms with E-state index < -0.39 is 4.92 Å². The highest BCUT2D eigenvalue weighted by molar-refractivity contribution is 7.13.